The first-order valence-corrected chi connectivity index (χ1v) is 11.4. The Morgan fingerprint density at radius 2 is 2.00 bits per heavy atom. The van der Waals surface area contributed by atoms with E-state index in [1.54, 1.807) is 7.11 Å². The first-order valence-electron chi connectivity index (χ1n) is 11.4. The van der Waals surface area contributed by atoms with E-state index in [1.165, 1.54) is 19.3 Å². The number of carbonyl (C=O) groups is 1. The third-order valence-electron chi connectivity index (χ3n) is 6.80. The van der Waals surface area contributed by atoms with Crippen molar-refractivity contribution in [3.8, 4) is 5.75 Å². The lowest BCUT2D eigenvalue weighted by molar-refractivity contribution is -0.123. The lowest BCUT2D eigenvalue weighted by Gasteiger charge is -2.39. The van der Waals surface area contributed by atoms with Crippen LogP contribution in [0.15, 0.2) is 18.2 Å². The summed E-state index contributed by atoms with van der Waals surface area (Å²) in [6.45, 7) is 7.07. The van der Waals surface area contributed by atoms with Gasteiger partial charge in [0.15, 0.2) is 0 Å². The van der Waals surface area contributed by atoms with Gasteiger partial charge in [0.05, 0.1) is 18.1 Å². The van der Waals surface area contributed by atoms with Crippen molar-refractivity contribution in [2.24, 2.45) is 0 Å². The summed E-state index contributed by atoms with van der Waals surface area (Å²) in [5.74, 6) is 1.69. The molecular weight excluding hydrogens is 378 g/mol. The van der Waals surface area contributed by atoms with Gasteiger partial charge in [-0.25, -0.2) is 4.98 Å². The van der Waals surface area contributed by atoms with E-state index in [0.29, 0.717) is 18.6 Å². The second-order valence-electron chi connectivity index (χ2n) is 8.81. The third-order valence-corrected chi connectivity index (χ3v) is 6.80. The van der Waals surface area contributed by atoms with Crippen LogP contribution in [0.2, 0.25) is 0 Å². The fraction of sp³-hybridized carbons (Fsp3) is 0.652. The number of aromatic nitrogens is 2. The highest BCUT2D eigenvalue weighted by atomic mass is 16.5. The number of hydrogen-bond donors (Lipinski definition) is 2. The molecule has 2 fully saturated rings. The van der Waals surface area contributed by atoms with Crippen molar-refractivity contribution in [1.29, 1.82) is 0 Å². The zero-order valence-electron chi connectivity index (χ0n) is 18.5. The topological polar surface area (TPSA) is 73.5 Å². The second-order valence-corrected chi connectivity index (χ2v) is 8.81. The monoisotopic (exact) mass is 413 g/mol. The number of carbonyl (C=O) groups excluding carboxylic acids is 1. The van der Waals surface area contributed by atoms with Gasteiger partial charge in [-0.15, -0.1) is 0 Å². The third kappa shape index (κ3) is 4.41. The predicted octanol–water partition coefficient (Wildman–Crippen LogP) is 3.31. The molecule has 2 aliphatic rings. The van der Waals surface area contributed by atoms with Crippen molar-refractivity contribution in [3.05, 3.63) is 18.2 Å². The van der Waals surface area contributed by atoms with Crippen LogP contribution in [0, 0.1) is 0 Å². The average Bonchev–Trinajstić information content (AvgIpc) is 3.18. The number of nitrogens with zero attached hydrogens (tertiary/aromatic N) is 3. The van der Waals surface area contributed by atoms with Gasteiger partial charge in [0, 0.05) is 37.8 Å². The highest BCUT2D eigenvalue weighted by Crippen LogP contribution is 2.27. The molecule has 3 heterocycles. The Kier molecular flexibility index (Phi) is 6.46. The summed E-state index contributed by atoms with van der Waals surface area (Å²) in [4.78, 5) is 25.9. The molecule has 1 amide bonds. The Labute approximate surface area is 179 Å². The van der Waals surface area contributed by atoms with Gasteiger partial charge in [-0.1, -0.05) is 6.42 Å². The van der Waals surface area contributed by atoms with Gasteiger partial charge in [0.25, 0.3) is 0 Å². The number of piperidine rings is 2. The molecule has 164 valence electrons. The number of likely N-dealkylation sites (tertiary alicyclic amines) is 1. The summed E-state index contributed by atoms with van der Waals surface area (Å²) < 4.78 is 5.32. The van der Waals surface area contributed by atoms with Crippen LogP contribution in [0.25, 0.3) is 11.0 Å². The average molecular weight is 414 g/mol. The van der Waals surface area contributed by atoms with Crippen molar-refractivity contribution in [3.63, 3.8) is 0 Å². The molecular formula is C23H35N5O2. The number of H-pyrrole nitrogens is 1. The normalized spacial score (nSPS) is 25.4. The fourth-order valence-corrected chi connectivity index (χ4v) is 5.04. The Balaban J connectivity index is 1.41. The molecule has 2 aliphatic heterocycles. The number of methoxy groups -OCH3 is 1. The summed E-state index contributed by atoms with van der Waals surface area (Å²) in [5.41, 5.74) is 1.82. The van der Waals surface area contributed by atoms with E-state index in [2.05, 4.69) is 33.9 Å². The van der Waals surface area contributed by atoms with Gasteiger partial charge in [-0.05, 0) is 58.1 Å². The van der Waals surface area contributed by atoms with Crippen molar-refractivity contribution < 1.29 is 9.53 Å². The van der Waals surface area contributed by atoms with Crippen LogP contribution < -0.4 is 15.0 Å². The summed E-state index contributed by atoms with van der Waals surface area (Å²) in [6.07, 6.45) is 6.83. The van der Waals surface area contributed by atoms with Crippen LogP contribution in [-0.2, 0) is 4.79 Å². The molecule has 0 spiro atoms. The number of aromatic amines is 1. The summed E-state index contributed by atoms with van der Waals surface area (Å²) in [6, 6.07) is 6.85. The van der Waals surface area contributed by atoms with E-state index in [-0.39, 0.29) is 11.9 Å². The molecule has 2 saturated heterocycles. The Hall–Kier alpha value is -2.28. The first kappa shape index (κ1) is 21.0. The number of amides is 1. The van der Waals surface area contributed by atoms with Gasteiger partial charge in [0.1, 0.15) is 11.8 Å². The summed E-state index contributed by atoms with van der Waals surface area (Å²) in [5, 5.41) is 3.21. The van der Waals surface area contributed by atoms with Crippen LogP contribution in [0.1, 0.15) is 52.4 Å². The molecule has 4 rings (SSSR count). The van der Waals surface area contributed by atoms with Crippen LogP contribution in [0.4, 0.5) is 5.95 Å². The molecule has 1 aromatic heterocycles. The van der Waals surface area contributed by atoms with E-state index in [0.717, 1.165) is 55.1 Å². The minimum Gasteiger partial charge on any atom is -0.497 e. The molecule has 2 N–H and O–H groups in total. The summed E-state index contributed by atoms with van der Waals surface area (Å²) >= 11 is 0. The molecule has 30 heavy (non-hydrogen) atoms. The zero-order chi connectivity index (χ0) is 21.1. The number of benzene rings is 1. The number of hydrogen-bond acceptors (Lipinski definition) is 5. The zero-order valence-corrected chi connectivity index (χ0v) is 18.5. The van der Waals surface area contributed by atoms with Crippen LogP contribution in [0.3, 0.4) is 0 Å². The number of nitrogens with one attached hydrogen (secondary N) is 2. The van der Waals surface area contributed by atoms with Gasteiger partial charge >= 0.3 is 0 Å². The van der Waals surface area contributed by atoms with Gasteiger partial charge in [-0.3, -0.25) is 9.69 Å². The van der Waals surface area contributed by atoms with Gasteiger partial charge in [-0.2, -0.15) is 0 Å². The van der Waals surface area contributed by atoms with Crippen molar-refractivity contribution in [2.45, 2.75) is 70.5 Å². The lowest BCUT2D eigenvalue weighted by Crippen LogP contribution is -2.52. The minimum absolute atomic E-state index is 0.116. The van der Waals surface area contributed by atoms with Crippen molar-refractivity contribution >= 4 is 22.9 Å². The van der Waals surface area contributed by atoms with Crippen molar-refractivity contribution in [2.75, 3.05) is 31.6 Å². The molecule has 0 saturated carbocycles. The van der Waals surface area contributed by atoms with Crippen molar-refractivity contribution in [1.82, 2.24) is 20.2 Å². The Morgan fingerprint density at radius 3 is 2.77 bits per heavy atom. The van der Waals surface area contributed by atoms with Gasteiger partial charge in [0.2, 0.25) is 11.9 Å². The number of fused-ring (bicyclic) bond motifs is 1. The smallest absolute Gasteiger partial charge is 0.242 e. The standard InChI is InChI=1S/C23H35N5O2/c1-16-7-6-8-17(2)27(16)14-12-24-22(29)21-9-4-5-13-28(21)23-25-19-11-10-18(30-3)15-20(19)26-23/h10-11,15-17,21H,4-9,12-14H2,1-3H3,(H,24,29)(H,25,26)/t16-,17+,21-/m0/s1. The largest absolute Gasteiger partial charge is 0.497 e. The summed E-state index contributed by atoms with van der Waals surface area (Å²) in [7, 11) is 1.66. The molecule has 0 radical (unpaired) electrons. The Morgan fingerprint density at radius 1 is 1.20 bits per heavy atom. The molecule has 7 heteroatoms. The number of ether oxygens (including phenoxy) is 1. The molecule has 0 bridgehead atoms. The van der Waals surface area contributed by atoms with Gasteiger partial charge < -0.3 is 19.9 Å². The molecule has 1 aromatic carbocycles. The molecule has 0 aliphatic carbocycles. The van der Waals surface area contributed by atoms with E-state index in [4.69, 9.17) is 9.72 Å². The van der Waals surface area contributed by atoms with E-state index in [1.807, 2.05) is 18.2 Å². The van der Waals surface area contributed by atoms with Crippen LogP contribution in [-0.4, -0.2) is 65.6 Å². The number of anilines is 1. The maximum atomic E-state index is 13.1. The maximum absolute atomic E-state index is 13.1. The molecule has 7 nitrogen and oxygen atoms in total. The predicted molar refractivity (Wildman–Crippen MR) is 120 cm³/mol. The highest BCUT2D eigenvalue weighted by molar-refractivity contribution is 5.86. The second kappa shape index (κ2) is 9.25. The first-order chi connectivity index (χ1) is 14.6. The van der Waals surface area contributed by atoms with E-state index < -0.39 is 0 Å². The maximum Gasteiger partial charge on any atom is 0.242 e. The fourth-order valence-electron chi connectivity index (χ4n) is 5.04. The molecule has 3 atom stereocenters. The highest BCUT2D eigenvalue weighted by Gasteiger charge is 2.31. The quantitative estimate of drug-likeness (QED) is 0.760. The Bertz CT molecular complexity index is 856. The SMILES string of the molecule is COc1ccc2nc(N3CCCC[C@H]3C(=O)NCCN3[C@H](C)CCC[C@@H]3C)[nH]c2c1. The molecule has 0 unspecified atom stereocenters. The number of rotatable bonds is 6. The minimum atomic E-state index is -0.169. The van der Waals surface area contributed by atoms with E-state index >= 15 is 0 Å². The van der Waals surface area contributed by atoms with E-state index in [9.17, 15) is 4.79 Å². The van der Waals surface area contributed by atoms with Crippen LogP contribution >= 0.6 is 0 Å². The molecule has 2 aromatic rings. The lowest BCUT2D eigenvalue weighted by atomic mass is 9.97. The number of imidazole rings is 1. The van der Waals surface area contributed by atoms with Crippen LogP contribution in [0.5, 0.6) is 5.75 Å².